The highest BCUT2D eigenvalue weighted by molar-refractivity contribution is 9.11. The van der Waals surface area contributed by atoms with Gasteiger partial charge in [-0.3, -0.25) is 4.79 Å². The van der Waals surface area contributed by atoms with E-state index in [9.17, 15) is 9.90 Å². The van der Waals surface area contributed by atoms with Crippen LogP contribution in [0.4, 0.5) is 0 Å². The van der Waals surface area contributed by atoms with Crippen molar-refractivity contribution in [3.05, 3.63) is 44.8 Å². The van der Waals surface area contributed by atoms with Gasteiger partial charge in [0.05, 0.1) is 23.1 Å². The number of ketones is 1. The van der Waals surface area contributed by atoms with E-state index in [2.05, 4.69) is 20.9 Å². The lowest BCUT2D eigenvalue weighted by atomic mass is 9.95. The summed E-state index contributed by atoms with van der Waals surface area (Å²) in [6, 6.07) is 0. The summed E-state index contributed by atoms with van der Waals surface area (Å²) < 4.78 is 5.72. The average molecular weight is 391 g/mol. The monoisotopic (exact) mass is 389 g/mol. The molecular weight excluding hydrogens is 378 g/mol. The molecule has 0 fully saturated rings. The van der Waals surface area contributed by atoms with Gasteiger partial charge in [0.25, 0.3) is 0 Å². The molecule has 1 atom stereocenters. The topological polar surface area (TPSA) is 58.9 Å². The lowest BCUT2D eigenvalue weighted by molar-refractivity contribution is -0.113. The molecule has 1 aliphatic carbocycles. The number of carbonyl (C=O) groups excluding carboxylic acids is 1. The molecule has 0 aromatic heterocycles. The predicted octanol–water partition coefficient (Wildman–Crippen LogP) is 4.05. The van der Waals surface area contributed by atoms with Crippen molar-refractivity contribution in [2.45, 2.75) is 6.92 Å². The Morgan fingerprint density at radius 2 is 2.29 bits per heavy atom. The fourth-order valence-electron chi connectivity index (χ4n) is 1.99. The molecule has 1 heterocycles. The Hall–Kier alpha value is -0.820. The summed E-state index contributed by atoms with van der Waals surface area (Å²) in [6.07, 6.45) is 5.14. The fraction of sp³-hybridized carbons (Fsp3) is 0.286. The quantitative estimate of drug-likeness (QED) is 0.739. The number of ether oxygens (including phenoxy) is 1. The number of Topliss-reactive ketones (excluding diaryl/α,β-unsaturated/α-hetero) is 1. The van der Waals surface area contributed by atoms with E-state index in [-0.39, 0.29) is 17.1 Å². The van der Waals surface area contributed by atoms with Crippen molar-refractivity contribution in [1.29, 1.82) is 0 Å². The third-order valence-electron chi connectivity index (χ3n) is 2.91. The number of methoxy groups -OCH3 is 1. The highest BCUT2D eigenvalue weighted by Gasteiger charge is 2.32. The number of carbonyl (C=O) groups is 1. The first-order valence-corrected chi connectivity index (χ1v) is 8.21. The van der Waals surface area contributed by atoms with Gasteiger partial charge in [0.1, 0.15) is 10.8 Å². The molecule has 0 saturated carbocycles. The molecule has 0 spiro atoms. The second-order valence-electron chi connectivity index (χ2n) is 4.38. The molecule has 0 bridgehead atoms. The second kappa shape index (κ2) is 6.96. The first-order chi connectivity index (χ1) is 9.95. The molecule has 1 aliphatic heterocycles. The van der Waals surface area contributed by atoms with Crippen LogP contribution >= 0.6 is 39.3 Å². The minimum atomic E-state index is -0.535. The van der Waals surface area contributed by atoms with Crippen LogP contribution in [0, 0.1) is 5.92 Å². The van der Waals surface area contributed by atoms with Gasteiger partial charge in [0.2, 0.25) is 0 Å². The molecule has 0 aromatic carbocycles. The predicted molar refractivity (Wildman–Crippen MR) is 89.8 cm³/mol. The van der Waals surface area contributed by atoms with E-state index in [1.807, 2.05) is 0 Å². The molecule has 2 aliphatic rings. The van der Waals surface area contributed by atoms with Gasteiger partial charge < -0.3 is 9.84 Å². The number of thioether (sulfide) groups is 1. The summed E-state index contributed by atoms with van der Waals surface area (Å²) >= 11 is 10.7. The number of rotatable bonds is 3. The van der Waals surface area contributed by atoms with Crippen LogP contribution in [-0.4, -0.2) is 29.0 Å². The van der Waals surface area contributed by atoms with E-state index in [1.165, 1.54) is 18.7 Å². The van der Waals surface area contributed by atoms with Gasteiger partial charge in [-0.2, -0.15) is 0 Å². The average Bonchev–Trinajstić information content (AvgIpc) is 2.57. The van der Waals surface area contributed by atoms with Gasteiger partial charge in [0, 0.05) is 16.6 Å². The minimum absolute atomic E-state index is 0.0371. The number of dihydropyridines is 1. The third kappa shape index (κ3) is 3.51. The van der Waals surface area contributed by atoms with Crippen molar-refractivity contribution in [3.8, 4) is 0 Å². The minimum Gasteiger partial charge on any atom is -0.510 e. The zero-order valence-corrected chi connectivity index (χ0v) is 14.6. The van der Waals surface area contributed by atoms with E-state index in [1.54, 1.807) is 25.3 Å². The van der Waals surface area contributed by atoms with Gasteiger partial charge in [-0.1, -0.05) is 23.4 Å². The number of nitrogens with zero attached hydrogens (tertiary/aromatic N) is 1. The van der Waals surface area contributed by atoms with Crippen molar-refractivity contribution < 1.29 is 14.6 Å². The largest absolute Gasteiger partial charge is 0.510 e. The Morgan fingerprint density at radius 3 is 2.90 bits per heavy atom. The number of aliphatic imine (C=N–C) groups is 1. The standard InChI is InChI=1S/C14H13BrClNO3S/c1-7(18)11-13(19)9-5-8(16)3-4-10(15)12(9)17-14(11)21-6-20-2/h3-5,9,19H,6H2,1-2H3. The van der Waals surface area contributed by atoms with Crippen LogP contribution < -0.4 is 0 Å². The lowest BCUT2D eigenvalue weighted by Gasteiger charge is -2.23. The number of aliphatic hydroxyl groups is 1. The lowest BCUT2D eigenvalue weighted by Crippen LogP contribution is -2.22. The van der Waals surface area contributed by atoms with Crippen LogP contribution in [0.3, 0.4) is 0 Å². The van der Waals surface area contributed by atoms with Gasteiger partial charge in [-0.05, 0) is 41.1 Å². The molecule has 2 rings (SSSR count). The third-order valence-corrected chi connectivity index (χ3v) is 4.75. The van der Waals surface area contributed by atoms with E-state index in [0.717, 1.165) is 0 Å². The summed E-state index contributed by atoms with van der Waals surface area (Å²) in [6.45, 7) is 1.40. The highest BCUT2D eigenvalue weighted by atomic mass is 79.9. The molecule has 1 unspecified atom stereocenters. The summed E-state index contributed by atoms with van der Waals surface area (Å²) in [5.41, 5.74) is 0.830. The Balaban J connectivity index is 2.58. The molecule has 0 radical (unpaired) electrons. The first kappa shape index (κ1) is 16.5. The number of hydrogen-bond acceptors (Lipinski definition) is 5. The van der Waals surface area contributed by atoms with Crippen LogP contribution in [0.25, 0.3) is 0 Å². The number of allylic oxidation sites excluding steroid dienone is 4. The summed E-state index contributed by atoms with van der Waals surface area (Å²) in [5.74, 6) is -0.477. The second-order valence-corrected chi connectivity index (χ2v) is 6.58. The maximum Gasteiger partial charge on any atom is 0.165 e. The molecular formula is C14H13BrClNO3S. The maximum absolute atomic E-state index is 11.9. The van der Waals surface area contributed by atoms with E-state index in [4.69, 9.17) is 16.3 Å². The normalized spacial score (nSPS) is 21.8. The van der Waals surface area contributed by atoms with Crippen molar-refractivity contribution in [2.24, 2.45) is 10.9 Å². The van der Waals surface area contributed by atoms with E-state index < -0.39 is 5.92 Å². The van der Waals surface area contributed by atoms with Gasteiger partial charge in [-0.15, -0.1) is 0 Å². The Kier molecular flexibility index (Phi) is 5.48. The van der Waals surface area contributed by atoms with E-state index in [0.29, 0.717) is 26.2 Å². The number of fused-ring (bicyclic) bond motifs is 1. The Labute approximate surface area is 140 Å². The number of aliphatic hydroxyl groups excluding tert-OH is 1. The molecule has 112 valence electrons. The first-order valence-electron chi connectivity index (χ1n) is 6.05. The van der Waals surface area contributed by atoms with Gasteiger partial charge in [0.15, 0.2) is 5.78 Å². The fourth-order valence-corrected chi connectivity index (χ4v) is 3.43. The van der Waals surface area contributed by atoms with Gasteiger partial charge >= 0.3 is 0 Å². The van der Waals surface area contributed by atoms with Crippen molar-refractivity contribution in [1.82, 2.24) is 0 Å². The Morgan fingerprint density at radius 1 is 1.57 bits per heavy atom. The van der Waals surface area contributed by atoms with Crippen LogP contribution in [0.1, 0.15) is 6.92 Å². The maximum atomic E-state index is 11.9. The molecule has 0 aromatic rings. The highest BCUT2D eigenvalue weighted by Crippen LogP contribution is 2.39. The molecule has 1 N–H and O–H groups in total. The van der Waals surface area contributed by atoms with Crippen molar-refractivity contribution >= 4 is 50.1 Å². The molecule has 4 nitrogen and oxygen atoms in total. The van der Waals surface area contributed by atoms with Gasteiger partial charge in [-0.25, -0.2) is 4.99 Å². The van der Waals surface area contributed by atoms with Crippen molar-refractivity contribution in [3.63, 3.8) is 0 Å². The van der Waals surface area contributed by atoms with Crippen LogP contribution in [0.2, 0.25) is 0 Å². The van der Waals surface area contributed by atoms with Crippen LogP contribution in [-0.2, 0) is 9.53 Å². The zero-order valence-electron chi connectivity index (χ0n) is 11.4. The smallest absolute Gasteiger partial charge is 0.165 e. The van der Waals surface area contributed by atoms with Crippen molar-refractivity contribution in [2.75, 3.05) is 13.0 Å². The SMILES string of the molecule is COCSC1=NC2=C(Br)C=CC(Cl)=CC2C(O)=C1C(C)=O. The number of hydrogen-bond donors (Lipinski definition) is 1. The summed E-state index contributed by atoms with van der Waals surface area (Å²) in [5, 5.41) is 11.4. The molecule has 0 saturated heterocycles. The van der Waals surface area contributed by atoms with Crippen LogP contribution in [0.5, 0.6) is 0 Å². The number of halogens is 2. The van der Waals surface area contributed by atoms with E-state index >= 15 is 0 Å². The molecule has 21 heavy (non-hydrogen) atoms. The summed E-state index contributed by atoms with van der Waals surface area (Å²) in [4.78, 5) is 16.4. The molecule has 0 amide bonds. The zero-order chi connectivity index (χ0) is 15.6. The Bertz CT molecular complexity index is 634. The molecule has 7 heteroatoms. The van der Waals surface area contributed by atoms with Crippen LogP contribution in [0.15, 0.2) is 49.8 Å². The summed E-state index contributed by atoms with van der Waals surface area (Å²) in [7, 11) is 1.56.